The molecule has 0 unspecified atom stereocenters. The SMILES string of the molecule is O[C@H]1[C@H](Oc2ccc(F)cc2)CCC[C@@H]1N1CCN(c2ncccn2)CC1. The quantitative estimate of drug-likeness (QED) is 0.887. The number of anilines is 1. The summed E-state index contributed by atoms with van der Waals surface area (Å²) < 4.78 is 19.0. The van der Waals surface area contributed by atoms with Gasteiger partial charge < -0.3 is 14.7 Å². The zero-order chi connectivity index (χ0) is 18.6. The average molecular weight is 372 g/mol. The molecule has 27 heavy (non-hydrogen) atoms. The molecule has 2 fully saturated rings. The Morgan fingerprint density at radius 1 is 1.00 bits per heavy atom. The van der Waals surface area contributed by atoms with Crippen molar-refractivity contribution in [1.29, 1.82) is 0 Å². The molecule has 0 amide bonds. The van der Waals surface area contributed by atoms with E-state index in [1.807, 2.05) is 6.07 Å². The summed E-state index contributed by atoms with van der Waals surface area (Å²) in [5, 5.41) is 10.9. The zero-order valence-electron chi connectivity index (χ0n) is 15.2. The first-order valence-electron chi connectivity index (χ1n) is 9.57. The van der Waals surface area contributed by atoms with Crippen LogP contribution in [0.2, 0.25) is 0 Å². The van der Waals surface area contributed by atoms with Gasteiger partial charge in [-0.2, -0.15) is 0 Å². The number of aliphatic hydroxyl groups excluding tert-OH is 1. The molecule has 1 N–H and O–H groups in total. The van der Waals surface area contributed by atoms with Gasteiger partial charge in [0.25, 0.3) is 0 Å². The summed E-state index contributed by atoms with van der Waals surface area (Å²) in [7, 11) is 0. The highest BCUT2D eigenvalue weighted by molar-refractivity contribution is 5.29. The number of rotatable bonds is 4. The van der Waals surface area contributed by atoms with E-state index in [-0.39, 0.29) is 18.0 Å². The molecule has 6 nitrogen and oxygen atoms in total. The van der Waals surface area contributed by atoms with E-state index in [1.54, 1.807) is 24.5 Å². The first-order valence-corrected chi connectivity index (χ1v) is 9.57. The van der Waals surface area contributed by atoms with Gasteiger partial charge in [0.05, 0.1) is 0 Å². The minimum absolute atomic E-state index is 0.0861. The van der Waals surface area contributed by atoms with Crippen LogP contribution in [0.5, 0.6) is 5.75 Å². The van der Waals surface area contributed by atoms with Crippen LogP contribution in [0.1, 0.15) is 19.3 Å². The number of benzene rings is 1. The number of aromatic nitrogens is 2. The molecule has 0 spiro atoms. The predicted molar refractivity (Wildman–Crippen MR) is 100 cm³/mol. The third kappa shape index (κ3) is 4.20. The number of aliphatic hydroxyl groups is 1. The van der Waals surface area contributed by atoms with Crippen molar-refractivity contribution in [2.45, 2.75) is 37.5 Å². The van der Waals surface area contributed by atoms with Crippen molar-refractivity contribution in [3.63, 3.8) is 0 Å². The maximum atomic E-state index is 13.1. The van der Waals surface area contributed by atoms with Crippen molar-refractivity contribution >= 4 is 5.95 Å². The lowest BCUT2D eigenvalue weighted by molar-refractivity contribution is -0.0546. The lowest BCUT2D eigenvalue weighted by atomic mass is 9.88. The van der Waals surface area contributed by atoms with Gasteiger partial charge >= 0.3 is 0 Å². The molecule has 2 heterocycles. The van der Waals surface area contributed by atoms with Crippen LogP contribution in [0.4, 0.5) is 10.3 Å². The Bertz CT molecular complexity index is 723. The molecule has 4 rings (SSSR count). The fraction of sp³-hybridized carbons (Fsp3) is 0.500. The summed E-state index contributed by atoms with van der Waals surface area (Å²) >= 11 is 0. The smallest absolute Gasteiger partial charge is 0.225 e. The summed E-state index contributed by atoms with van der Waals surface area (Å²) in [4.78, 5) is 13.2. The maximum Gasteiger partial charge on any atom is 0.225 e. The Labute approximate surface area is 158 Å². The lowest BCUT2D eigenvalue weighted by Gasteiger charge is -2.44. The number of nitrogens with zero attached hydrogens (tertiary/aromatic N) is 4. The normalized spacial score (nSPS) is 26.7. The van der Waals surface area contributed by atoms with E-state index in [9.17, 15) is 9.50 Å². The lowest BCUT2D eigenvalue weighted by Crippen LogP contribution is -2.58. The van der Waals surface area contributed by atoms with Crippen molar-refractivity contribution < 1.29 is 14.2 Å². The molecule has 0 radical (unpaired) electrons. The van der Waals surface area contributed by atoms with Gasteiger partial charge in [-0.15, -0.1) is 0 Å². The molecule has 1 aromatic carbocycles. The van der Waals surface area contributed by atoms with Crippen molar-refractivity contribution in [3.8, 4) is 5.75 Å². The number of hydrogen-bond donors (Lipinski definition) is 1. The van der Waals surface area contributed by atoms with Crippen LogP contribution in [0.25, 0.3) is 0 Å². The van der Waals surface area contributed by atoms with Crippen LogP contribution in [0.15, 0.2) is 42.7 Å². The van der Waals surface area contributed by atoms with Crippen LogP contribution in [0, 0.1) is 5.82 Å². The summed E-state index contributed by atoms with van der Waals surface area (Å²) in [5.74, 6) is 1.08. The zero-order valence-corrected chi connectivity index (χ0v) is 15.2. The minimum atomic E-state index is -0.552. The second-order valence-electron chi connectivity index (χ2n) is 7.17. The minimum Gasteiger partial charge on any atom is -0.488 e. The molecule has 1 saturated heterocycles. The van der Waals surface area contributed by atoms with Gasteiger partial charge in [0, 0.05) is 44.6 Å². The Hall–Kier alpha value is -2.25. The highest BCUT2D eigenvalue weighted by atomic mass is 19.1. The second-order valence-corrected chi connectivity index (χ2v) is 7.17. The van der Waals surface area contributed by atoms with E-state index < -0.39 is 6.10 Å². The summed E-state index contributed by atoms with van der Waals surface area (Å²) in [6, 6.07) is 7.90. The molecule has 1 saturated carbocycles. The Kier molecular flexibility index (Phi) is 5.50. The summed E-state index contributed by atoms with van der Waals surface area (Å²) in [6.45, 7) is 3.42. The average Bonchev–Trinajstić information content (AvgIpc) is 2.72. The molecule has 1 aliphatic carbocycles. The van der Waals surface area contributed by atoms with Gasteiger partial charge in [-0.3, -0.25) is 4.90 Å². The molecule has 7 heteroatoms. The number of ether oxygens (including phenoxy) is 1. The van der Waals surface area contributed by atoms with E-state index in [0.717, 1.165) is 51.4 Å². The molecule has 2 aromatic rings. The Balaban J connectivity index is 1.35. The van der Waals surface area contributed by atoms with Crippen LogP contribution in [0.3, 0.4) is 0 Å². The standard InChI is InChI=1S/C20H25FN4O2/c21-15-5-7-16(8-6-15)27-18-4-1-3-17(19(18)26)24-11-13-25(14-12-24)20-22-9-2-10-23-20/h2,5-10,17-19,26H,1,3-4,11-14H2/t17-,18+,19+/m0/s1. The third-order valence-corrected chi connectivity index (χ3v) is 5.48. The van der Waals surface area contributed by atoms with Crippen LogP contribution in [-0.2, 0) is 0 Å². The fourth-order valence-electron chi connectivity index (χ4n) is 4.04. The van der Waals surface area contributed by atoms with Crippen molar-refractivity contribution in [2.24, 2.45) is 0 Å². The van der Waals surface area contributed by atoms with Gasteiger partial charge in [0.1, 0.15) is 23.8 Å². The molecule has 3 atom stereocenters. The highest BCUT2D eigenvalue weighted by Crippen LogP contribution is 2.28. The molecule has 1 aromatic heterocycles. The molecule has 144 valence electrons. The van der Waals surface area contributed by atoms with Crippen molar-refractivity contribution in [3.05, 3.63) is 48.5 Å². The van der Waals surface area contributed by atoms with E-state index in [0.29, 0.717) is 5.75 Å². The summed E-state index contributed by atoms with van der Waals surface area (Å²) in [6.07, 6.45) is 5.50. The van der Waals surface area contributed by atoms with Gasteiger partial charge in [-0.05, 0) is 49.6 Å². The van der Waals surface area contributed by atoms with Gasteiger partial charge in [-0.25, -0.2) is 14.4 Å². The largest absolute Gasteiger partial charge is 0.488 e. The van der Waals surface area contributed by atoms with Gasteiger partial charge in [-0.1, -0.05) is 0 Å². The van der Waals surface area contributed by atoms with Crippen LogP contribution < -0.4 is 9.64 Å². The van der Waals surface area contributed by atoms with Crippen LogP contribution >= 0.6 is 0 Å². The molecule has 1 aliphatic heterocycles. The number of halogens is 1. The predicted octanol–water partition coefficient (Wildman–Crippen LogP) is 2.10. The Morgan fingerprint density at radius 3 is 2.41 bits per heavy atom. The van der Waals surface area contributed by atoms with E-state index in [4.69, 9.17) is 4.74 Å². The molecule has 0 bridgehead atoms. The second kappa shape index (κ2) is 8.19. The molecular weight excluding hydrogens is 347 g/mol. The highest BCUT2D eigenvalue weighted by Gasteiger charge is 2.38. The fourth-order valence-corrected chi connectivity index (χ4v) is 4.04. The first-order chi connectivity index (χ1) is 13.2. The van der Waals surface area contributed by atoms with E-state index in [2.05, 4.69) is 19.8 Å². The van der Waals surface area contributed by atoms with Gasteiger partial charge in [0.2, 0.25) is 5.95 Å². The number of piperazine rings is 1. The van der Waals surface area contributed by atoms with Crippen LogP contribution in [-0.4, -0.2) is 64.4 Å². The summed E-state index contributed by atoms with van der Waals surface area (Å²) in [5.41, 5.74) is 0. The molecular formula is C20H25FN4O2. The Morgan fingerprint density at radius 2 is 1.70 bits per heavy atom. The first kappa shape index (κ1) is 18.1. The maximum absolute atomic E-state index is 13.1. The number of hydrogen-bond acceptors (Lipinski definition) is 6. The third-order valence-electron chi connectivity index (χ3n) is 5.48. The van der Waals surface area contributed by atoms with Crippen molar-refractivity contribution in [1.82, 2.24) is 14.9 Å². The van der Waals surface area contributed by atoms with Gasteiger partial charge in [0.15, 0.2) is 0 Å². The van der Waals surface area contributed by atoms with Crippen molar-refractivity contribution in [2.75, 3.05) is 31.1 Å². The molecule has 2 aliphatic rings. The van der Waals surface area contributed by atoms with E-state index >= 15 is 0 Å². The topological polar surface area (TPSA) is 61.7 Å². The van der Waals surface area contributed by atoms with E-state index in [1.165, 1.54) is 12.1 Å². The monoisotopic (exact) mass is 372 g/mol.